The van der Waals surface area contributed by atoms with Crippen molar-refractivity contribution >= 4 is 11.5 Å². The van der Waals surface area contributed by atoms with Crippen molar-refractivity contribution in [3.05, 3.63) is 42.0 Å². The van der Waals surface area contributed by atoms with Crippen molar-refractivity contribution < 1.29 is 0 Å². The number of rotatable bonds is 1. The predicted molar refractivity (Wildman–Crippen MR) is 77.9 cm³/mol. The van der Waals surface area contributed by atoms with Gasteiger partial charge in [0.25, 0.3) is 0 Å². The van der Waals surface area contributed by atoms with E-state index in [4.69, 9.17) is 0 Å². The van der Waals surface area contributed by atoms with Crippen LogP contribution in [0.25, 0.3) is 16.8 Å². The molecule has 100 valence electrons. The Labute approximate surface area is 116 Å². The van der Waals surface area contributed by atoms with E-state index in [1.54, 1.807) is 6.20 Å². The third kappa shape index (κ3) is 1.52. The first kappa shape index (κ1) is 11.4. The Morgan fingerprint density at radius 3 is 3.05 bits per heavy atom. The number of likely N-dealkylation sites (N-methyl/N-ethyl adjacent to an activating group) is 1. The zero-order valence-electron chi connectivity index (χ0n) is 11.5. The van der Waals surface area contributed by atoms with Crippen molar-refractivity contribution in [2.75, 3.05) is 18.5 Å². The smallest absolute Gasteiger partial charge is 0.163 e. The molecule has 20 heavy (non-hydrogen) atoms. The summed E-state index contributed by atoms with van der Waals surface area (Å²) in [7, 11) is 2.08. The largest absolute Gasteiger partial charge is 0.359 e. The van der Waals surface area contributed by atoms with Crippen LogP contribution in [0.2, 0.25) is 0 Å². The summed E-state index contributed by atoms with van der Waals surface area (Å²) in [4.78, 5) is 11.2. The monoisotopic (exact) mass is 265 g/mol. The van der Waals surface area contributed by atoms with Gasteiger partial charge in [-0.15, -0.1) is 0 Å². The molecule has 0 bridgehead atoms. The number of anilines is 1. The lowest BCUT2D eigenvalue weighted by molar-refractivity contribution is 0.917. The molecule has 0 saturated carbocycles. The fourth-order valence-corrected chi connectivity index (χ4v) is 2.90. The van der Waals surface area contributed by atoms with Gasteiger partial charge in [-0.25, -0.2) is 14.5 Å². The lowest BCUT2D eigenvalue weighted by Gasteiger charge is -2.10. The molecule has 1 aliphatic heterocycles. The molecule has 0 atom stereocenters. The molecule has 0 spiro atoms. The minimum absolute atomic E-state index is 0.887. The van der Waals surface area contributed by atoms with Crippen LogP contribution in [0.4, 0.5) is 5.82 Å². The van der Waals surface area contributed by atoms with Crippen molar-refractivity contribution in [2.24, 2.45) is 0 Å². The highest BCUT2D eigenvalue weighted by Gasteiger charge is 2.20. The van der Waals surface area contributed by atoms with Crippen LogP contribution in [-0.2, 0) is 6.42 Å². The number of hydrogen-bond donors (Lipinski definition) is 0. The van der Waals surface area contributed by atoms with E-state index in [9.17, 15) is 0 Å². The van der Waals surface area contributed by atoms with Gasteiger partial charge in [-0.05, 0) is 31.0 Å². The standard InChI is InChI=1S/C15H15N5/c1-10-13(15-16-5-3-6-20(15)18-10)12-8-11-4-7-19(2)14(11)17-9-12/h3,5-6,8-9H,4,7H2,1-2H3. The number of nitrogens with zero attached hydrogens (tertiary/aromatic N) is 5. The van der Waals surface area contributed by atoms with Gasteiger partial charge >= 0.3 is 0 Å². The zero-order valence-corrected chi connectivity index (χ0v) is 11.5. The van der Waals surface area contributed by atoms with Crippen molar-refractivity contribution in [1.29, 1.82) is 0 Å². The van der Waals surface area contributed by atoms with Crippen molar-refractivity contribution in [3.8, 4) is 11.1 Å². The Morgan fingerprint density at radius 1 is 1.25 bits per heavy atom. The normalized spacial score (nSPS) is 14.0. The second kappa shape index (κ2) is 4.03. The van der Waals surface area contributed by atoms with E-state index in [0.29, 0.717) is 0 Å². The average Bonchev–Trinajstić information content (AvgIpc) is 2.98. The minimum atomic E-state index is 0.887. The molecular weight excluding hydrogens is 250 g/mol. The average molecular weight is 265 g/mol. The minimum Gasteiger partial charge on any atom is -0.359 e. The molecule has 3 aromatic rings. The number of aryl methyl sites for hydroxylation is 1. The second-order valence-corrected chi connectivity index (χ2v) is 5.23. The Balaban J connectivity index is 1.94. The summed E-state index contributed by atoms with van der Waals surface area (Å²) >= 11 is 0. The van der Waals surface area contributed by atoms with Gasteiger partial charge in [-0.2, -0.15) is 5.10 Å². The predicted octanol–water partition coefficient (Wildman–Crippen LogP) is 2.09. The zero-order chi connectivity index (χ0) is 13.7. The van der Waals surface area contributed by atoms with Crippen molar-refractivity contribution in [2.45, 2.75) is 13.3 Å². The van der Waals surface area contributed by atoms with Gasteiger partial charge in [-0.1, -0.05) is 0 Å². The first-order chi connectivity index (χ1) is 9.74. The second-order valence-electron chi connectivity index (χ2n) is 5.23. The van der Waals surface area contributed by atoms with Gasteiger partial charge < -0.3 is 4.90 Å². The van der Waals surface area contributed by atoms with E-state index in [1.807, 2.05) is 29.9 Å². The number of aromatic nitrogens is 4. The third-order valence-corrected chi connectivity index (χ3v) is 3.88. The van der Waals surface area contributed by atoms with Crippen LogP contribution in [0, 0.1) is 6.92 Å². The Morgan fingerprint density at radius 2 is 2.15 bits per heavy atom. The molecule has 0 radical (unpaired) electrons. The number of pyridine rings is 1. The van der Waals surface area contributed by atoms with Gasteiger partial charge in [0.1, 0.15) is 5.82 Å². The van der Waals surface area contributed by atoms with Gasteiger partial charge in [0.2, 0.25) is 0 Å². The lowest BCUT2D eigenvalue weighted by Crippen LogP contribution is -2.13. The molecule has 0 fully saturated rings. The summed E-state index contributed by atoms with van der Waals surface area (Å²) in [5, 5.41) is 4.51. The summed E-state index contributed by atoms with van der Waals surface area (Å²) < 4.78 is 1.82. The quantitative estimate of drug-likeness (QED) is 0.676. The topological polar surface area (TPSA) is 46.3 Å². The number of hydrogen-bond acceptors (Lipinski definition) is 4. The van der Waals surface area contributed by atoms with E-state index in [0.717, 1.165) is 41.3 Å². The van der Waals surface area contributed by atoms with Crippen LogP contribution in [0.15, 0.2) is 30.7 Å². The maximum absolute atomic E-state index is 4.61. The molecule has 0 unspecified atom stereocenters. The summed E-state index contributed by atoms with van der Waals surface area (Å²) in [6, 6.07) is 4.11. The van der Waals surface area contributed by atoms with Crippen LogP contribution in [-0.4, -0.2) is 33.2 Å². The summed E-state index contributed by atoms with van der Waals surface area (Å²) in [6.07, 6.45) is 6.71. The molecule has 0 aliphatic carbocycles. The van der Waals surface area contributed by atoms with E-state index in [-0.39, 0.29) is 0 Å². The van der Waals surface area contributed by atoms with Gasteiger partial charge in [-0.3, -0.25) is 0 Å². The first-order valence-electron chi connectivity index (χ1n) is 6.74. The van der Waals surface area contributed by atoms with Gasteiger partial charge in [0.15, 0.2) is 5.65 Å². The van der Waals surface area contributed by atoms with E-state index < -0.39 is 0 Å². The fourth-order valence-electron chi connectivity index (χ4n) is 2.90. The van der Waals surface area contributed by atoms with Crippen molar-refractivity contribution in [1.82, 2.24) is 19.6 Å². The summed E-state index contributed by atoms with van der Waals surface area (Å²) in [5.74, 6) is 1.09. The van der Waals surface area contributed by atoms with Crippen LogP contribution in [0.5, 0.6) is 0 Å². The molecule has 4 heterocycles. The maximum Gasteiger partial charge on any atom is 0.163 e. The van der Waals surface area contributed by atoms with Crippen LogP contribution in [0.1, 0.15) is 11.3 Å². The lowest BCUT2D eigenvalue weighted by atomic mass is 10.1. The van der Waals surface area contributed by atoms with Gasteiger partial charge in [0, 0.05) is 37.7 Å². The summed E-state index contributed by atoms with van der Waals surface area (Å²) in [5.41, 5.74) is 5.36. The highest BCUT2D eigenvalue weighted by atomic mass is 15.2. The van der Waals surface area contributed by atoms with Crippen LogP contribution >= 0.6 is 0 Å². The molecule has 1 aliphatic rings. The molecule has 0 saturated heterocycles. The maximum atomic E-state index is 4.61. The van der Waals surface area contributed by atoms with Crippen LogP contribution < -0.4 is 4.90 Å². The first-order valence-corrected chi connectivity index (χ1v) is 6.74. The highest BCUT2D eigenvalue weighted by molar-refractivity contribution is 5.80. The third-order valence-electron chi connectivity index (χ3n) is 3.88. The molecule has 0 amide bonds. The van der Waals surface area contributed by atoms with E-state index in [2.05, 4.69) is 33.1 Å². The van der Waals surface area contributed by atoms with E-state index >= 15 is 0 Å². The Bertz CT molecular complexity index is 805. The Kier molecular flexibility index (Phi) is 2.30. The SMILES string of the molecule is Cc1nn2cccnc2c1-c1cnc2c(c1)CCN2C. The fraction of sp³-hybridized carbons (Fsp3) is 0.267. The highest BCUT2D eigenvalue weighted by Crippen LogP contribution is 2.31. The van der Waals surface area contributed by atoms with Crippen molar-refractivity contribution in [3.63, 3.8) is 0 Å². The number of fused-ring (bicyclic) bond motifs is 2. The Hall–Kier alpha value is -2.43. The van der Waals surface area contributed by atoms with E-state index in [1.165, 1.54) is 5.56 Å². The molecule has 0 aromatic carbocycles. The summed E-state index contributed by atoms with van der Waals surface area (Å²) in [6.45, 7) is 3.06. The molecule has 0 N–H and O–H groups in total. The van der Waals surface area contributed by atoms with Gasteiger partial charge in [0.05, 0.1) is 11.3 Å². The molecule has 5 heteroatoms. The van der Waals surface area contributed by atoms with Crippen LogP contribution in [0.3, 0.4) is 0 Å². The molecule has 5 nitrogen and oxygen atoms in total. The molecular formula is C15H15N5. The molecule has 3 aromatic heterocycles. The molecule has 4 rings (SSSR count).